The van der Waals surface area contributed by atoms with Gasteiger partial charge in [-0.2, -0.15) is 0 Å². The van der Waals surface area contributed by atoms with E-state index in [2.05, 4.69) is 5.32 Å². The van der Waals surface area contributed by atoms with Gasteiger partial charge in [-0.1, -0.05) is 6.07 Å². The summed E-state index contributed by atoms with van der Waals surface area (Å²) in [4.78, 5) is 36.5. The number of Topliss-reactive ketones (excluding diaryl/α,β-unsaturated/α-hetero) is 1. The lowest BCUT2D eigenvalue weighted by Crippen LogP contribution is -2.13. The molecule has 0 bridgehead atoms. The average molecular weight is 383 g/mol. The van der Waals surface area contributed by atoms with E-state index >= 15 is 0 Å². The van der Waals surface area contributed by atoms with Gasteiger partial charge in [-0.05, 0) is 48.9 Å². The van der Waals surface area contributed by atoms with Crippen LogP contribution >= 0.6 is 11.3 Å². The molecule has 0 saturated heterocycles. The number of esters is 1. The monoisotopic (exact) mass is 383 g/mol. The highest BCUT2D eigenvalue weighted by Crippen LogP contribution is 2.33. The Morgan fingerprint density at radius 2 is 2.04 bits per heavy atom. The molecule has 1 aromatic heterocycles. The second-order valence-corrected chi connectivity index (χ2v) is 7.36. The van der Waals surface area contributed by atoms with Gasteiger partial charge in [0.05, 0.1) is 5.92 Å². The van der Waals surface area contributed by atoms with E-state index < -0.39 is 18.4 Å². The molecule has 5 nitrogen and oxygen atoms in total. The van der Waals surface area contributed by atoms with Crippen molar-refractivity contribution in [3.63, 3.8) is 0 Å². The number of ether oxygens (including phenoxy) is 1. The molecule has 136 valence electrons. The fraction of sp³-hybridized carbons (Fsp3) is 0.150. The van der Waals surface area contributed by atoms with Crippen molar-refractivity contribution in [2.24, 2.45) is 0 Å². The number of rotatable bonds is 4. The Bertz CT molecular complexity index is 1100. The maximum atomic E-state index is 13.7. The molecule has 0 radical (unpaired) electrons. The second-order valence-electron chi connectivity index (χ2n) is 6.27. The van der Waals surface area contributed by atoms with Crippen LogP contribution in [0.3, 0.4) is 0 Å². The molecule has 0 aliphatic carbocycles. The van der Waals surface area contributed by atoms with Crippen molar-refractivity contribution < 1.29 is 23.5 Å². The summed E-state index contributed by atoms with van der Waals surface area (Å²) in [5.74, 6) is -1.89. The summed E-state index contributed by atoms with van der Waals surface area (Å²) in [6.45, 7) is 1.33. The van der Waals surface area contributed by atoms with Crippen LogP contribution in [0.15, 0.2) is 42.5 Å². The third-order valence-electron chi connectivity index (χ3n) is 4.54. The highest BCUT2D eigenvalue weighted by atomic mass is 32.1. The maximum absolute atomic E-state index is 13.7. The third-order valence-corrected chi connectivity index (χ3v) is 5.62. The predicted molar refractivity (Wildman–Crippen MR) is 99.9 cm³/mol. The number of amides is 1. The maximum Gasteiger partial charge on any atom is 0.348 e. The molecule has 0 saturated carbocycles. The zero-order valence-corrected chi connectivity index (χ0v) is 15.1. The molecule has 0 unspecified atom stereocenters. The molecule has 4 rings (SSSR count). The molecule has 1 amide bonds. The number of anilines is 1. The minimum atomic E-state index is -0.671. The summed E-state index contributed by atoms with van der Waals surface area (Å²) in [6.07, 6.45) is 0. The standard InChI is InChI=1S/C20H14FNO4S/c1-10-12-7-11(5-6-15(12)22-19(10)24)16(23)9-26-20(25)18-8-13-14(21)3-2-4-17(13)27-18/h2-8,10H,9H2,1H3,(H,22,24)/t10-/m0/s1. The Balaban J connectivity index is 1.47. The van der Waals surface area contributed by atoms with Gasteiger partial charge in [0.15, 0.2) is 12.4 Å². The summed E-state index contributed by atoms with van der Waals surface area (Å²) in [7, 11) is 0. The number of hydrogen-bond acceptors (Lipinski definition) is 5. The summed E-state index contributed by atoms with van der Waals surface area (Å²) in [5.41, 5.74) is 1.80. The number of halogens is 1. The van der Waals surface area contributed by atoms with Gasteiger partial charge >= 0.3 is 5.97 Å². The summed E-state index contributed by atoms with van der Waals surface area (Å²) < 4.78 is 19.5. The number of hydrogen-bond donors (Lipinski definition) is 1. The summed E-state index contributed by atoms with van der Waals surface area (Å²) >= 11 is 1.11. The van der Waals surface area contributed by atoms with Gasteiger partial charge in [0.1, 0.15) is 10.7 Å². The van der Waals surface area contributed by atoms with Crippen molar-refractivity contribution >= 4 is 44.8 Å². The highest BCUT2D eigenvalue weighted by molar-refractivity contribution is 7.20. The van der Waals surface area contributed by atoms with Crippen LogP contribution in [0.25, 0.3) is 10.1 Å². The van der Waals surface area contributed by atoms with E-state index in [-0.39, 0.29) is 22.5 Å². The van der Waals surface area contributed by atoms with E-state index in [1.54, 1.807) is 37.3 Å². The van der Waals surface area contributed by atoms with Gasteiger partial charge in [0, 0.05) is 21.3 Å². The molecule has 2 heterocycles. The number of fused-ring (bicyclic) bond motifs is 2. The number of carbonyl (C=O) groups is 3. The van der Waals surface area contributed by atoms with Crippen LogP contribution in [-0.2, 0) is 9.53 Å². The van der Waals surface area contributed by atoms with E-state index in [0.29, 0.717) is 21.3 Å². The van der Waals surface area contributed by atoms with E-state index in [9.17, 15) is 18.8 Å². The molecule has 1 aliphatic rings. The summed E-state index contributed by atoms with van der Waals surface area (Å²) in [6, 6.07) is 10.9. The van der Waals surface area contributed by atoms with E-state index in [1.807, 2.05) is 0 Å². The van der Waals surface area contributed by atoms with Crippen LogP contribution in [-0.4, -0.2) is 24.3 Å². The van der Waals surface area contributed by atoms with Crippen molar-refractivity contribution in [1.82, 2.24) is 0 Å². The van der Waals surface area contributed by atoms with Crippen LogP contribution < -0.4 is 5.32 Å². The number of ketones is 1. The SMILES string of the molecule is C[C@@H]1C(=O)Nc2ccc(C(=O)COC(=O)c3cc4c(F)cccc4s3)cc21. The molecular formula is C20H14FNO4S. The third kappa shape index (κ3) is 3.10. The molecule has 1 N–H and O–H groups in total. The van der Waals surface area contributed by atoms with Crippen LogP contribution in [0, 0.1) is 5.82 Å². The van der Waals surface area contributed by atoms with E-state index in [0.717, 1.165) is 16.9 Å². The first-order chi connectivity index (χ1) is 12.9. The molecule has 0 fully saturated rings. The Hall–Kier alpha value is -3.06. The number of carbonyl (C=O) groups excluding carboxylic acids is 3. The zero-order valence-electron chi connectivity index (χ0n) is 14.2. The molecular weight excluding hydrogens is 369 g/mol. The second kappa shape index (κ2) is 6.59. The Kier molecular flexibility index (Phi) is 4.24. The average Bonchev–Trinajstić information content (AvgIpc) is 3.22. The van der Waals surface area contributed by atoms with Crippen molar-refractivity contribution in [2.75, 3.05) is 11.9 Å². The molecule has 2 aromatic carbocycles. The van der Waals surface area contributed by atoms with Gasteiger partial charge < -0.3 is 10.1 Å². The van der Waals surface area contributed by atoms with Crippen LogP contribution in [0.2, 0.25) is 0 Å². The van der Waals surface area contributed by atoms with Gasteiger partial charge in [-0.15, -0.1) is 11.3 Å². The fourth-order valence-electron chi connectivity index (χ4n) is 3.00. The number of thiophene rings is 1. The fourth-order valence-corrected chi connectivity index (χ4v) is 3.97. The zero-order chi connectivity index (χ0) is 19.1. The lowest BCUT2D eigenvalue weighted by Gasteiger charge is -2.06. The first-order valence-electron chi connectivity index (χ1n) is 8.27. The molecule has 0 spiro atoms. The van der Waals surface area contributed by atoms with Crippen LogP contribution in [0.1, 0.15) is 38.4 Å². The highest BCUT2D eigenvalue weighted by Gasteiger charge is 2.27. The van der Waals surface area contributed by atoms with Crippen LogP contribution in [0.5, 0.6) is 0 Å². The van der Waals surface area contributed by atoms with Gasteiger partial charge in [-0.25, -0.2) is 9.18 Å². The quantitative estimate of drug-likeness (QED) is 0.543. The van der Waals surface area contributed by atoms with Crippen molar-refractivity contribution in [3.05, 3.63) is 64.3 Å². The molecule has 1 aliphatic heterocycles. The number of benzene rings is 2. The lowest BCUT2D eigenvalue weighted by molar-refractivity contribution is -0.116. The normalized spacial score (nSPS) is 15.5. The minimum absolute atomic E-state index is 0.113. The van der Waals surface area contributed by atoms with Crippen LogP contribution in [0.4, 0.5) is 10.1 Å². The van der Waals surface area contributed by atoms with Crippen molar-refractivity contribution in [3.8, 4) is 0 Å². The molecule has 7 heteroatoms. The molecule has 27 heavy (non-hydrogen) atoms. The summed E-state index contributed by atoms with van der Waals surface area (Å²) in [5, 5.41) is 3.09. The first kappa shape index (κ1) is 17.4. The van der Waals surface area contributed by atoms with Gasteiger partial charge in [-0.3, -0.25) is 9.59 Å². The topological polar surface area (TPSA) is 72.5 Å². The Morgan fingerprint density at radius 1 is 1.22 bits per heavy atom. The number of nitrogens with one attached hydrogen (secondary N) is 1. The van der Waals surface area contributed by atoms with Gasteiger partial charge in [0.2, 0.25) is 5.91 Å². The lowest BCUT2D eigenvalue weighted by atomic mass is 9.99. The van der Waals surface area contributed by atoms with Gasteiger partial charge in [0.25, 0.3) is 0 Å². The Morgan fingerprint density at radius 3 is 2.81 bits per heavy atom. The minimum Gasteiger partial charge on any atom is -0.453 e. The molecule has 3 aromatic rings. The van der Waals surface area contributed by atoms with Crippen molar-refractivity contribution in [2.45, 2.75) is 12.8 Å². The Labute approximate surface area is 157 Å². The predicted octanol–water partition coefficient (Wildman–Crippen LogP) is 4.14. The molecule has 1 atom stereocenters. The van der Waals surface area contributed by atoms with Crippen molar-refractivity contribution in [1.29, 1.82) is 0 Å². The smallest absolute Gasteiger partial charge is 0.348 e. The van der Waals surface area contributed by atoms with E-state index in [4.69, 9.17) is 4.74 Å². The largest absolute Gasteiger partial charge is 0.453 e. The first-order valence-corrected chi connectivity index (χ1v) is 9.09. The van der Waals surface area contributed by atoms with E-state index in [1.165, 1.54) is 12.1 Å².